The minimum absolute atomic E-state index is 0.0499. The van der Waals surface area contributed by atoms with Crippen molar-refractivity contribution in [3.8, 4) is 11.8 Å². The molecule has 3 aromatic rings. The largest absolute Gasteiger partial charge is 0.456 e. The highest BCUT2D eigenvalue weighted by Crippen LogP contribution is 2.36. The number of nitrogens with zero attached hydrogens (tertiary/aromatic N) is 1. The Bertz CT molecular complexity index is 1110. The van der Waals surface area contributed by atoms with Gasteiger partial charge in [-0.05, 0) is 49.7 Å². The molecular formula is C22H20N2O2. The molecule has 4 heteroatoms. The molecule has 4 nitrogen and oxygen atoms in total. The number of hydrogen-bond acceptors (Lipinski definition) is 3. The first-order valence-electron chi connectivity index (χ1n) is 8.54. The van der Waals surface area contributed by atoms with Crippen LogP contribution >= 0.6 is 0 Å². The molecule has 1 fully saturated rings. The van der Waals surface area contributed by atoms with Crippen molar-refractivity contribution >= 4 is 27.8 Å². The van der Waals surface area contributed by atoms with Crippen LogP contribution in [0.1, 0.15) is 31.4 Å². The molecule has 1 aliphatic rings. The van der Waals surface area contributed by atoms with E-state index in [1.165, 1.54) is 0 Å². The van der Waals surface area contributed by atoms with Gasteiger partial charge in [0, 0.05) is 23.4 Å². The summed E-state index contributed by atoms with van der Waals surface area (Å²) in [5.74, 6) is 6.68. The molecule has 0 radical (unpaired) electrons. The first-order chi connectivity index (χ1) is 12.4. The molecule has 1 saturated heterocycles. The van der Waals surface area contributed by atoms with Crippen LogP contribution in [0.5, 0.6) is 0 Å². The topological polar surface area (TPSA) is 45.5 Å². The average molecular weight is 344 g/mol. The first-order valence-corrected chi connectivity index (χ1v) is 8.54. The molecule has 0 saturated carbocycles. The van der Waals surface area contributed by atoms with Gasteiger partial charge in [-0.2, -0.15) is 0 Å². The highest BCUT2D eigenvalue weighted by Gasteiger charge is 2.37. The fourth-order valence-electron chi connectivity index (χ4n) is 3.54. The second-order valence-corrected chi connectivity index (χ2v) is 6.93. The normalized spacial score (nSPS) is 20.2. The molecule has 1 atom stereocenters. The van der Waals surface area contributed by atoms with Crippen LogP contribution in [0.25, 0.3) is 21.9 Å². The monoisotopic (exact) mass is 344 g/mol. The molecule has 2 aromatic carbocycles. The lowest BCUT2D eigenvalue weighted by molar-refractivity contribution is -0.132. The molecule has 0 spiro atoms. The summed E-state index contributed by atoms with van der Waals surface area (Å²) in [5.41, 5.74) is 3.15. The van der Waals surface area contributed by atoms with Crippen molar-refractivity contribution in [3.63, 3.8) is 0 Å². The molecule has 2 heterocycles. The predicted octanol–water partition coefficient (Wildman–Crippen LogP) is 4.10. The Labute approximate surface area is 152 Å². The average Bonchev–Trinajstić information content (AvgIpc) is 2.97. The summed E-state index contributed by atoms with van der Waals surface area (Å²) in [6.45, 7) is 7.82. The molecule has 1 N–H and O–H groups in total. The molecule has 1 aliphatic heterocycles. The van der Waals surface area contributed by atoms with Crippen LogP contribution in [0.3, 0.4) is 0 Å². The Kier molecular flexibility index (Phi) is 3.55. The molecule has 1 aromatic heterocycles. The van der Waals surface area contributed by atoms with E-state index >= 15 is 0 Å². The van der Waals surface area contributed by atoms with Crippen LogP contribution in [0.15, 0.2) is 53.2 Å². The summed E-state index contributed by atoms with van der Waals surface area (Å²) in [6, 6.07) is 12.0. The predicted molar refractivity (Wildman–Crippen MR) is 103 cm³/mol. The van der Waals surface area contributed by atoms with E-state index in [0.29, 0.717) is 12.2 Å². The molecule has 130 valence electrons. The minimum Gasteiger partial charge on any atom is -0.456 e. The van der Waals surface area contributed by atoms with Crippen molar-refractivity contribution in [1.82, 2.24) is 10.2 Å². The smallest absolute Gasteiger partial charge is 0.230 e. The van der Waals surface area contributed by atoms with Gasteiger partial charge in [-0.15, -0.1) is 5.92 Å². The summed E-state index contributed by atoms with van der Waals surface area (Å²) >= 11 is 0. The van der Waals surface area contributed by atoms with Crippen molar-refractivity contribution in [2.75, 3.05) is 7.05 Å². The van der Waals surface area contributed by atoms with E-state index in [9.17, 15) is 4.79 Å². The number of hydrogen-bond donors (Lipinski definition) is 1. The number of fused-ring (bicyclic) bond motifs is 3. The summed E-state index contributed by atoms with van der Waals surface area (Å²) in [6.07, 6.45) is 0.371. The van der Waals surface area contributed by atoms with Crippen molar-refractivity contribution in [2.24, 2.45) is 0 Å². The number of carbonyl (C=O) groups is 1. The molecule has 0 unspecified atom stereocenters. The van der Waals surface area contributed by atoms with E-state index in [-0.39, 0.29) is 5.91 Å². The number of furan rings is 1. The standard InChI is InChI=1S/C22H20N2O2/c1-5-6-15-7-9-19-17(11-15)18-12-16(8-10-20(18)26-19)22(3)13-21(25)24(4)14(2)23-22/h7-12,23H,2,13H2,1,3-4H3/t22-/m0/s1. The van der Waals surface area contributed by atoms with Gasteiger partial charge in [0.05, 0.1) is 12.0 Å². The van der Waals surface area contributed by atoms with Crippen LogP contribution in [0.2, 0.25) is 0 Å². The van der Waals surface area contributed by atoms with Crippen LogP contribution < -0.4 is 5.32 Å². The third kappa shape index (κ3) is 2.44. The van der Waals surface area contributed by atoms with Gasteiger partial charge in [0.25, 0.3) is 0 Å². The Hall–Kier alpha value is -3.19. The zero-order valence-electron chi connectivity index (χ0n) is 15.1. The van der Waals surface area contributed by atoms with E-state index in [4.69, 9.17) is 4.42 Å². The number of benzene rings is 2. The molecule has 26 heavy (non-hydrogen) atoms. The second kappa shape index (κ2) is 5.67. The van der Waals surface area contributed by atoms with Crippen molar-refractivity contribution in [2.45, 2.75) is 25.8 Å². The SMILES string of the molecule is C=C1N[C@](C)(c2ccc3oc4ccc(C#CC)cc4c3c2)CC(=O)N1C. The maximum atomic E-state index is 12.3. The van der Waals surface area contributed by atoms with Gasteiger partial charge >= 0.3 is 0 Å². The Morgan fingerprint density at radius 1 is 1.19 bits per heavy atom. The van der Waals surface area contributed by atoms with Gasteiger partial charge in [0.2, 0.25) is 5.91 Å². The zero-order valence-corrected chi connectivity index (χ0v) is 15.1. The number of carbonyl (C=O) groups excluding carboxylic acids is 1. The van der Waals surface area contributed by atoms with Crippen LogP contribution in [0.4, 0.5) is 0 Å². The summed E-state index contributed by atoms with van der Waals surface area (Å²) in [4.78, 5) is 13.9. The summed E-state index contributed by atoms with van der Waals surface area (Å²) in [5, 5.41) is 5.44. The number of nitrogens with one attached hydrogen (secondary N) is 1. The number of amides is 1. The maximum Gasteiger partial charge on any atom is 0.230 e. The fraction of sp³-hybridized carbons (Fsp3) is 0.227. The van der Waals surface area contributed by atoms with Gasteiger partial charge in [-0.25, -0.2) is 0 Å². The molecule has 0 aliphatic carbocycles. The lowest BCUT2D eigenvalue weighted by atomic mass is 9.85. The summed E-state index contributed by atoms with van der Waals surface area (Å²) < 4.78 is 5.96. The van der Waals surface area contributed by atoms with Gasteiger partial charge in [-0.3, -0.25) is 4.79 Å². The molecule has 1 amide bonds. The maximum absolute atomic E-state index is 12.3. The minimum atomic E-state index is -0.501. The van der Waals surface area contributed by atoms with Crippen LogP contribution in [-0.4, -0.2) is 17.9 Å². The zero-order chi connectivity index (χ0) is 18.5. The van der Waals surface area contributed by atoms with E-state index in [1.54, 1.807) is 11.9 Å². The lowest BCUT2D eigenvalue weighted by Gasteiger charge is -2.40. The highest BCUT2D eigenvalue weighted by molar-refractivity contribution is 6.05. The first kappa shape index (κ1) is 16.3. The lowest BCUT2D eigenvalue weighted by Crippen LogP contribution is -2.52. The molecule has 4 rings (SSSR count). The molecular weight excluding hydrogens is 324 g/mol. The van der Waals surface area contributed by atoms with Crippen molar-refractivity contribution < 1.29 is 9.21 Å². The fourth-order valence-corrected chi connectivity index (χ4v) is 3.54. The van der Waals surface area contributed by atoms with Crippen molar-refractivity contribution in [1.29, 1.82) is 0 Å². The van der Waals surface area contributed by atoms with Crippen LogP contribution in [0, 0.1) is 11.8 Å². The Balaban J connectivity index is 1.87. The second-order valence-electron chi connectivity index (χ2n) is 6.93. The van der Waals surface area contributed by atoms with Gasteiger partial charge in [-0.1, -0.05) is 18.6 Å². The third-order valence-corrected chi connectivity index (χ3v) is 5.08. The van der Waals surface area contributed by atoms with E-state index < -0.39 is 5.54 Å². The van der Waals surface area contributed by atoms with E-state index in [2.05, 4.69) is 35.9 Å². The van der Waals surface area contributed by atoms with Crippen LogP contribution in [-0.2, 0) is 10.3 Å². The summed E-state index contributed by atoms with van der Waals surface area (Å²) in [7, 11) is 1.74. The van der Waals surface area contributed by atoms with E-state index in [1.807, 2.05) is 38.1 Å². The van der Waals surface area contributed by atoms with Crippen molar-refractivity contribution in [3.05, 3.63) is 59.9 Å². The number of rotatable bonds is 1. The van der Waals surface area contributed by atoms with Gasteiger partial charge < -0.3 is 14.6 Å². The van der Waals surface area contributed by atoms with E-state index in [0.717, 1.165) is 33.1 Å². The Morgan fingerprint density at radius 2 is 1.88 bits per heavy atom. The van der Waals surface area contributed by atoms with Gasteiger partial charge in [0.15, 0.2) is 0 Å². The highest BCUT2D eigenvalue weighted by atomic mass is 16.3. The Morgan fingerprint density at radius 3 is 2.58 bits per heavy atom. The van der Waals surface area contributed by atoms with Gasteiger partial charge in [0.1, 0.15) is 17.0 Å². The molecule has 0 bridgehead atoms. The quantitative estimate of drug-likeness (QED) is 0.676. The third-order valence-electron chi connectivity index (χ3n) is 5.08.